The number of nitrogens with zero attached hydrogens (tertiary/aromatic N) is 1. The van der Waals surface area contributed by atoms with Crippen LogP contribution in [0, 0.1) is 0 Å². The number of methoxy groups -OCH3 is 1. The van der Waals surface area contributed by atoms with Crippen molar-refractivity contribution < 1.29 is 28.9 Å². The number of amides is 1. The van der Waals surface area contributed by atoms with Gasteiger partial charge in [0, 0.05) is 19.6 Å². The molecule has 2 aromatic carbocycles. The fraction of sp³-hybridized carbons (Fsp3) is 0.429. The molecule has 0 bridgehead atoms. The molecule has 188 valence electrons. The number of hydrogen-bond acceptors (Lipinski definition) is 6. The second kappa shape index (κ2) is 12.4. The molecule has 0 aromatic heterocycles. The number of aliphatic hydroxyl groups is 1. The number of benzene rings is 2. The largest absolute Gasteiger partial charge is 0.503 e. The molecule has 1 aliphatic rings. The van der Waals surface area contributed by atoms with E-state index < -0.39 is 17.7 Å². The van der Waals surface area contributed by atoms with Crippen LogP contribution >= 0.6 is 0 Å². The van der Waals surface area contributed by atoms with E-state index in [-0.39, 0.29) is 23.9 Å². The number of carbonyl (C=O) groups is 2. The molecule has 0 fully saturated rings. The maximum absolute atomic E-state index is 13.4. The van der Waals surface area contributed by atoms with Gasteiger partial charge in [0.25, 0.3) is 5.91 Å². The first-order chi connectivity index (χ1) is 16.9. The molecule has 35 heavy (non-hydrogen) atoms. The molecule has 0 saturated heterocycles. The summed E-state index contributed by atoms with van der Waals surface area (Å²) in [4.78, 5) is 28.0. The van der Waals surface area contributed by atoms with Crippen LogP contribution < -0.4 is 9.47 Å². The summed E-state index contributed by atoms with van der Waals surface area (Å²) in [6, 6.07) is 14.3. The Balaban J connectivity index is 1.92. The van der Waals surface area contributed by atoms with Crippen molar-refractivity contribution in [2.24, 2.45) is 0 Å². The van der Waals surface area contributed by atoms with Crippen LogP contribution in [0.15, 0.2) is 59.9 Å². The molecule has 7 nitrogen and oxygen atoms in total. The number of aryl methyl sites for hydroxylation is 1. The number of hydrogen-bond donors (Lipinski definition) is 1. The quantitative estimate of drug-likeness (QED) is 0.414. The fourth-order valence-corrected chi connectivity index (χ4v) is 4.24. The van der Waals surface area contributed by atoms with Gasteiger partial charge in [0.2, 0.25) is 0 Å². The van der Waals surface area contributed by atoms with Crippen LogP contribution in [0.25, 0.3) is 0 Å². The zero-order valence-corrected chi connectivity index (χ0v) is 21.0. The van der Waals surface area contributed by atoms with E-state index >= 15 is 0 Å². The Labute approximate surface area is 207 Å². The van der Waals surface area contributed by atoms with Crippen LogP contribution in [-0.4, -0.2) is 54.7 Å². The highest BCUT2D eigenvalue weighted by Crippen LogP contribution is 2.41. The molecule has 0 spiro atoms. The Bertz CT molecular complexity index is 1050. The van der Waals surface area contributed by atoms with E-state index in [4.69, 9.17) is 14.2 Å². The van der Waals surface area contributed by atoms with Crippen LogP contribution in [0.3, 0.4) is 0 Å². The zero-order valence-electron chi connectivity index (χ0n) is 21.0. The summed E-state index contributed by atoms with van der Waals surface area (Å²) in [6.07, 6.45) is 1.36. The maximum Gasteiger partial charge on any atom is 0.290 e. The maximum atomic E-state index is 13.4. The topological polar surface area (TPSA) is 85.3 Å². The van der Waals surface area contributed by atoms with Crippen molar-refractivity contribution in [3.05, 3.63) is 71.0 Å². The van der Waals surface area contributed by atoms with Crippen LogP contribution in [0.5, 0.6) is 11.5 Å². The Kier molecular flexibility index (Phi) is 9.32. The third-order valence-corrected chi connectivity index (χ3v) is 5.89. The van der Waals surface area contributed by atoms with Gasteiger partial charge in [0.05, 0.1) is 31.4 Å². The van der Waals surface area contributed by atoms with Gasteiger partial charge in [-0.15, -0.1) is 0 Å². The normalized spacial score (nSPS) is 15.7. The Morgan fingerprint density at radius 1 is 1.11 bits per heavy atom. The van der Waals surface area contributed by atoms with Gasteiger partial charge in [0.15, 0.2) is 23.0 Å². The average molecular weight is 482 g/mol. The Morgan fingerprint density at radius 2 is 1.86 bits per heavy atom. The predicted octanol–water partition coefficient (Wildman–Crippen LogP) is 4.81. The van der Waals surface area contributed by atoms with Crippen molar-refractivity contribution in [1.29, 1.82) is 0 Å². The molecule has 1 amide bonds. The minimum Gasteiger partial charge on any atom is -0.503 e. The first kappa shape index (κ1) is 26.3. The molecular formula is C28H35NO6. The monoisotopic (exact) mass is 481 g/mol. The van der Waals surface area contributed by atoms with E-state index in [1.54, 1.807) is 30.2 Å². The van der Waals surface area contributed by atoms with Gasteiger partial charge in [0.1, 0.15) is 0 Å². The number of ketones is 1. The Hall–Kier alpha value is -3.32. The summed E-state index contributed by atoms with van der Waals surface area (Å²) in [7, 11) is 1.56. The molecule has 0 saturated carbocycles. The first-order valence-corrected chi connectivity index (χ1v) is 12.1. The van der Waals surface area contributed by atoms with Gasteiger partial charge in [-0.05, 0) is 56.9 Å². The van der Waals surface area contributed by atoms with Crippen LogP contribution in [0.2, 0.25) is 0 Å². The third kappa shape index (κ3) is 6.42. The molecule has 1 heterocycles. The molecule has 1 atom stereocenters. The van der Waals surface area contributed by atoms with E-state index in [9.17, 15) is 14.7 Å². The highest BCUT2D eigenvalue weighted by Gasteiger charge is 2.43. The number of rotatable bonds is 13. The molecule has 0 aliphatic carbocycles. The fourth-order valence-electron chi connectivity index (χ4n) is 4.24. The van der Waals surface area contributed by atoms with E-state index in [1.165, 1.54) is 0 Å². The van der Waals surface area contributed by atoms with Crippen molar-refractivity contribution in [1.82, 2.24) is 4.90 Å². The third-order valence-electron chi connectivity index (χ3n) is 5.89. The number of carbonyl (C=O) groups excluding carboxylic acids is 2. The van der Waals surface area contributed by atoms with E-state index in [1.807, 2.05) is 51.1 Å². The zero-order chi connectivity index (χ0) is 25.4. The van der Waals surface area contributed by atoms with Gasteiger partial charge >= 0.3 is 0 Å². The van der Waals surface area contributed by atoms with E-state index in [0.29, 0.717) is 49.7 Å². The number of Topliss-reactive ketones (excluding diaryl/α,β-unsaturated/α-hetero) is 1. The van der Waals surface area contributed by atoms with Gasteiger partial charge in [-0.3, -0.25) is 9.59 Å². The second-order valence-corrected chi connectivity index (χ2v) is 8.69. The number of aliphatic hydroxyl groups excluding tert-OH is 1. The van der Waals surface area contributed by atoms with E-state index in [2.05, 4.69) is 0 Å². The Morgan fingerprint density at radius 3 is 2.51 bits per heavy atom. The summed E-state index contributed by atoms with van der Waals surface area (Å²) < 4.78 is 16.8. The van der Waals surface area contributed by atoms with Gasteiger partial charge < -0.3 is 24.2 Å². The van der Waals surface area contributed by atoms with Crippen molar-refractivity contribution >= 4 is 11.7 Å². The number of ether oxygens (including phenoxy) is 3. The SMILES string of the molecule is CCOc1cc(C2C(C(=O)CCc3ccccc3)=C(O)C(=O)N2CCCOC(C)C)ccc1OC. The van der Waals surface area contributed by atoms with Gasteiger partial charge in [-0.1, -0.05) is 36.4 Å². The molecule has 2 aromatic rings. The molecule has 0 radical (unpaired) electrons. The van der Waals surface area contributed by atoms with Crippen molar-refractivity contribution in [2.45, 2.75) is 52.2 Å². The molecule has 3 rings (SSSR count). The van der Waals surface area contributed by atoms with Crippen LogP contribution in [0.1, 0.15) is 50.8 Å². The van der Waals surface area contributed by atoms with Crippen LogP contribution in [0.4, 0.5) is 0 Å². The minimum absolute atomic E-state index is 0.0806. The first-order valence-electron chi connectivity index (χ1n) is 12.1. The molecule has 7 heteroatoms. The molecule has 1 unspecified atom stereocenters. The highest BCUT2D eigenvalue weighted by molar-refractivity contribution is 6.09. The smallest absolute Gasteiger partial charge is 0.290 e. The molecular weight excluding hydrogens is 446 g/mol. The van der Waals surface area contributed by atoms with Gasteiger partial charge in [-0.25, -0.2) is 0 Å². The second-order valence-electron chi connectivity index (χ2n) is 8.69. The van der Waals surface area contributed by atoms with Gasteiger partial charge in [-0.2, -0.15) is 0 Å². The molecule has 1 aliphatic heterocycles. The summed E-state index contributed by atoms with van der Waals surface area (Å²) in [6.45, 7) is 7.02. The summed E-state index contributed by atoms with van der Waals surface area (Å²) in [5.41, 5.74) is 1.83. The standard InChI is InChI=1S/C28H35NO6/c1-5-34-24-18-21(13-15-23(24)33-4)26-25(22(30)14-12-20-10-7-6-8-11-20)27(31)28(32)29(26)16-9-17-35-19(2)3/h6-8,10-11,13,15,18-19,26,31H,5,9,12,14,16-17H2,1-4H3. The van der Waals surface area contributed by atoms with Crippen LogP contribution in [-0.2, 0) is 20.7 Å². The lowest BCUT2D eigenvalue weighted by Gasteiger charge is -2.27. The van der Waals surface area contributed by atoms with Crippen molar-refractivity contribution in [3.63, 3.8) is 0 Å². The predicted molar refractivity (Wildman–Crippen MR) is 134 cm³/mol. The lowest BCUT2D eigenvalue weighted by Crippen LogP contribution is -2.32. The summed E-state index contributed by atoms with van der Waals surface area (Å²) >= 11 is 0. The average Bonchev–Trinajstić information content (AvgIpc) is 3.11. The summed E-state index contributed by atoms with van der Waals surface area (Å²) in [5, 5.41) is 10.8. The highest BCUT2D eigenvalue weighted by atomic mass is 16.5. The lowest BCUT2D eigenvalue weighted by molar-refractivity contribution is -0.129. The van der Waals surface area contributed by atoms with Crippen molar-refractivity contribution in [3.8, 4) is 11.5 Å². The molecule has 1 N–H and O–H groups in total. The lowest BCUT2D eigenvalue weighted by atomic mass is 9.93. The van der Waals surface area contributed by atoms with Crippen molar-refractivity contribution in [2.75, 3.05) is 26.9 Å². The minimum atomic E-state index is -0.713. The van der Waals surface area contributed by atoms with E-state index in [0.717, 1.165) is 5.56 Å². The summed E-state index contributed by atoms with van der Waals surface area (Å²) in [5.74, 6) is -0.199.